The van der Waals surface area contributed by atoms with Gasteiger partial charge in [0.15, 0.2) is 0 Å². The van der Waals surface area contributed by atoms with Crippen LogP contribution in [-0.4, -0.2) is 30.1 Å². The van der Waals surface area contributed by atoms with Gasteiger partial charge < -0.3 is 5.73 Å². The largest absolute Gasteiger partial charge is 0.325 e. The van der Waals surface area contributed by atoms with E-state index in [1.54, 1.807) is 0 Å². The summed E-state index contributed by atoms with van der Waals surface area (Å²) in [6.07, 6.45) is 0. The van der Waals surface area contributed by atoms with Crippen LogP contribution in [0.15, 0.2) is 0 Å². The SMILES string of the molecule is CN1CC(N)C1(C)C. The third-order valence-corrected chi connectivity index (χ3v) is 2.36. The van der Waals surface area contributed by atoms with Crippen LogP contribution in [0.25, 0.3) is 0 Å². The van der Waals surface area contributed by atoms with Gasteiger partial charge >= 0.3 is 0 Å². The van der Waals surface area contributed by atoms with Gasteiger partial charge in [-0.1, -0.05) is 0 Å². The summed E-state index contributed by atoms with van der Waals surface area (Å²) in [5.41, 5.74) is 5.96. The molecule has 1 aliphatic heterocycles. The van der Waals surface area contributed by atoms with Crippen molar-refractivity contribution in [2.75, 3.05) is 13.6 Å². The molecule has 48 valence electrons. The summed E-state index contributed by atoms with van der Waals surface area (Å²) in [5, 5.41) is 0. The number of likely N-dealkylation sites (N-methyl/N-ethyl adjacent to an activating group) is 1. The van der Waals surface area contributed by atoms with Crippen LogP contribution in [0.4, 0.5) is 0 Å². The van der Waals surface area contributed by atoms with Crippen molar-refractivity contribution in [2.24, 2.45) is 5.73 Å². The van der Waals surface area contributed by atoms with E-state index in [-0.39, 0.29) is 5.54 Å². The Bertz CT molecular complexity index is 88.7. The van der Waals surface area contributed by atoms with Gasteiger partial charge in [0.05, 0.1) is 0 Å². The van der Waals surface area contributed by atoms with E-state index in [9.17, 15) is 0 Å². The first-order chi connectivity index (χ1) is 3.55. The maximum atomic E-state index is 5.70. The van der Waals surface area contributed by atoms with Crippen molar-refractivity contribution in [3.63, 3.8) is 0 Å². The predicted octanol–water partition coefficient (Wildman–Crippen LogP) is 0.0377. The second-order valence-electron chi connectivity index (χ2n) is 3.14. The van der Waals surface area contributed by atoms with Gasteiger partial charge in [-0.25, -0.2) is 0 Å². The number of nitrogens with zero attached hydrogens (tertiary/aromatic N) is 1. The van der Waals surface area contributed by atoms with Crippen molar-refractivity contribution in [2.45, 2.75) is 25.4 Å². The summed E-state index contributed by atoms with van der Waals surface area (Å²) in [5.74, 6) is 0. The van der Waals surface area contributed by atoms with Crippen molar-refractivity contribution < 1.29 is 0 Å². The second kappa shape index (κ2) is 1.45. The highest BCUT2D eigenvalue weighted by Gasteiger charge is 2.40. The van der Waals surface area contributed by atoms with E-state index < -0.39 is 0 Å². The highest BCUT2D eigenvalue weighted by Crippen LogP contribution is 2.25. The zero-order valence-corrected chi connectivity index (χ0v) is 5.81. The molecule has 1 fully saturated rings. The van der Waals surface area contributed by atoms with E-state index in [0.717, 1.165) is 6.54 Å². The summed E-state index contributed by atoms with van der Waals surface area (Å²) in [6, 6.07) is 0.382. The molecule has 0 aromatic rings. The Hall–Kier alpha value is -0.0800. The molecule has 2 heteroatoms. The van der Waals surface area contributed by atoms with Gasteiger partial charge in [-0.3, -0.25) is 4.90 Å². The summed E-state index contributed by atoms with van der Waals surface area (Å²) in [4.78, 5) is 2.26. The van der Waals surface area contributed by atoms with Crippen LogP contribution in [0, 0.1) is 0 Å². The fourth-order valence-corrected chi connectivity index (χ4v) is 0.924. The molecule has 0 radical (unpaired) electrons. The monoisotopic (exact) mass is 114 g/mol. The quantitative estimate of drug-likeness (QED) is 0.481. The van der Waals surface area contributed by atoms with Crippen molar-refractivity contribution in [1.29, 1.82) is 0 Å². The van der Waals surface area contributed by atoms with Crippen LogP contribution >= 0.6 is 0 Å². The maximum Gasteiger partial charge on any atom is 0.0349 e. The molecule has 0 amide bonds. The molecule has 1 unspecified atom stereocenters. The normalized spacial score (nSPS) is 36.8. The average molecular weight is 114 g/mol. The van der Waals surface area contributed by atoms with Gasteiger partial charge in [0.25, 0.3) is 0 Å². The number of hydrogen-bond donors (Lipinski definition) is 1. The summed E-state index contributed by atoms with van der Waals surface area (Å²) < 4.78 is 0. The smallest absolute Gasteiger partial charge is 0.0349 e. The molecular weight excluding hydrogens is 100 g/mol. The summed E-state index contributed by atoms with van der Waals surface area (Å²) in [7, 11) is 2.10. The molecule has 2 nitrogen and oxygen atoms in total. The molecule has 1 atom stereocenters. The minimum Gasteiger partial charge on any atom is -0.325 e. The van der Waals surface area contributed by atoms with E-state index >= 15 is 0 Å². The average Bonchev–Trinajstić information content (AvgIpc) is 1.68. The van der Waals surface area contributed by atoms with Gasteiger partial charge in [0, 0.05) is 18.1 Å². The molecule has 2 N–H and O–H groups in total. The van der Waals surface area contributed by atoms with Crippen molar-refractivity contribution in [1.82, 2.24) is 4.90 Å². The Kier molecular flexibility index (Phi) is 1.10. The van der Waals surface area contributed by atoms with Crippen LogP contribution in [0.3, 0.4) is 0 Å². The van der Waals surface area contributed by atoms with Crippen molar-refractivity contribution >= 4 is 0 Å². The Morgan fingerprint density at radius 2 is 2.12 bits per heavy atom. The van der Waals surface area contributed by atoms with E-state index in [2.05, 4.69) is 25.8 Å². The Morgan fingerprint density at radius 1 is 1.62 bits per heavy atom. The van der Waals surface area contributed by atoms with Crippen LogP contribution in [0.1, 0.15) is 13.8 Å². The topological polar surface area (TPSA) is 29.3 Å². The van der Waals surface area contributed by atoms with Crippen LogP contribution in [0.2, 0.25) is 0 Å². The molecule has 0 saturated carbocycles. The van der Waals surface area contributed by atoms with Crippen molar-refractivity contribution in [3.8, 4) is 0 Å². The van der Waals surface area contributed by atoms with Gasteiger partial charge in [-0.05, 0) is 20.9 Å². The molecule has 1 aliphatic rings. The highest BCUT2D eigenvalue weighted by atomic mass is 15.3. The number of likely N-dealkylation sites (tertiary alicyclic amines) is 1. The number of hydrogen-bond acceptors (Lipinski definition) is 2. The van der Waals surface area contributed by atoms with Gasteiger partial charge in [-0.15, -0.1) is 0 Å². The standard InChI is InChI=1S/C6H14N2/c1-6(2)5(7)4-8(6)3/h5H,4,7H2,1-3H3. The fourth-order valence-electron chi connectivity index (χ4n) is 0.924. The molecule has 0 aromatic carbocycles. The Labute approximate surface area is 50.7 Å². The van der Waals surface area contributed by atoms with Crippen LogP contribution in [-0.2, 0) is 0 Å². The zero-order valence-electron chi connectivity index (χ0n) is 5.81. The van der Waals surface area contributed by atoms with E-state index in [0.29, 0.717) is 6.04 Å². The fraction of sp³-hybridized carbons (Fsp3) is 1.00. The van der Waals surface area contributed by atoms with Gasteiger partial charge in [-0.2, -0.15) is 0 Å². The van der Waals surface area contributed by atoms with Crippen LogP contribution < -0.4 is 5.73 Å². The minimum atomic E-state index is 0.250. The summed E-state index contributed by atoms with van der Waals surface area (Å²) >= 11 is 0. The van der Waals surface area contributed by atoms with Crippen LogP contribution in [0.5, 0.6) is 0 Å². The lowest BCUT2D eigenvalue weighted by Crippen LogP contribution is -2.69. The van der Waals surface area contributed by atoms with Crippen molar-refractivity contribution in [3.05, 3.63) is 0 Å². The first-order valence-corrected chi connectivity index (χ1v) is 3.02. The molecule has 0 bridgehead atoms. The summed E-state index contributed by atoms with van der Waals surface area (Å²) in [6.45, 7) is 5.38. The third kappa shape index (κ3) is 0.565. The highest BCUT2D eigenvalue weighted by molar-refractivity contribution is 5.01. The molecule has 1 saturated heterocycles. The Balaban J connectivity index is 2.52. The van der Waals surface area contributed by atoms with E-state index in [1.165, 1.54) is 0 Å². The Morgan fingerprint density at radius 3 is 2.12 bits per heavy atom. The van der Waals surface area contributed by atoms with E-state index in [4.69, 9.17) is 5.73 Å². The minimum absolute atomic E-state index is 0.250. The molecule has 8 heavy (non-hydrogen) atoms. The maximum absolute atomic E-state index is 5.70. The number of rotatable bonds is 0. The molecule has 0 aliphatic carbocycles. The molecule has 1 rings (SSSR count). The molecule has 0 aromatic heterocycles. The molecule has 1 heterocycles. The lowest BCUT2D eigenvalue weighted by molar-refractivity contribution is 0.0164. The molecule has 0 spiro atoms. The lowest BCUT2D eigenvalue weighted by atomic mass is 9.85. The second-order valence-corrected chi connectivity index (χ2v) is 3.14. The third-order valence-electron chi connectivity index (χ3n) is 2.36. The predicted molar refractivity (Wildman–Crippen MR) is 34.7 cm³/mol. The number of nitrogens with two attached hydrogens (primary N) is 1. The first-order valence-electron chi connectivity index (χ1n) is 3.02. The van der Waals surface area contributed by atoms with Gasteiger partial charge in [0.1, 0.15) is 0 Å². The zero-order chi connectivity index (χ0) is 6.36. The molecular formula is C6H14N2. The first kappa shape index (κ1) is 6.05. The van der Waals surface area contributed by atoms with Gasteiger partial charge in [0.2, 0.25) is 0 Å². The van der Waals surface area contributed by atoms with E-state index in [1.807, 2.05) is 0 Å². The lowest BCUT2D eigenvalue weighted by Gasteiger charge is -2.51.